The van der Waals surface area contributed by atoms with Gasteiger partial charge in [-0.1, -0.05) is 12.1 Å². The molecule has 0 amide bonds. The number of fused-ring (bicyclic) bond motifs is 4. The van der Waals surface area contributed by atoms with E-state index in [0.29, 0.717) is 18.1 Å². The van der Waals surface area contributed by atoms with Gasteiger partial charge in [-0.15, -0.1) is 0 Å². The Kier molecular flexibility index (Phi) is 1.68. The number of hydrogen-bond donors (Lipinski definition) is 1. The zero-order chi connectivity index (χ0) is 12.8. The van der Waals surface area contributed by atoms with Gasteiger partial charge in [-0.05, 0) is 37.6 Å². The second kappa shape index (κ2) is 3.05. The molecule has 19 heavy (non-hydrogen) atoms. The number of likely N-dealkylation sites (tertiary alicyclic amines) is 1. The first-order chi connectivity index (χ1) is 9.17. The van der Waals surface area contributed by atoms with Crippen LogP contribution < -0.4 is 0 Å². The Hall–Kier alpha value is -1.32. The number of nitrogens with one attached hydrogen (secondary N) is 1. The lowest BCUT2D eigenvalue weighted by Gasteiger charge is -2.42. The molecule has 1 aromatic carbocycles. The fourth-order valence-corrected chi connectivity index (χ4v) is 4.53. The molecule has 0 spiro atoms. The van der Waals surface area contributed by atoms with Crippen LogP contribution in [-0.2, 0) is 11.2 Å². The van der Waals surface area contributed by atoms with E-state index < -0.39 is 0 Å². The molecule has 0 saturated carbocycles. The van der Waals surface area contributed by atoms with Crippen LogP contribution in [0.15, 0.2) is 24.4 Å². The van der Waals surface area contributed by atoms with Crippen molar-refractivity contribution < 1.29 is 4.74 Å². The fourth-order valence-electron chi connectivity index (χ4n) is 4.53. The summed E-state index contributed by atoms with van der Waals surface area (Å²) in [6.07, 6.45) is 3.76. The van der Waals surface area contributed by atoms with Gasteiger partial charge in [0.1, 0.15) is 5.60 Å². The Balaban J connectivity index is 1.77. The second-order valence-electron chi connectivity index (χ2n) is 6.65. The smallest absolute Gasteiger partial charge is 0.105 e. The highest BCUT2D eigenvalue weighted by Gasteiger charge is 2.63. The van der Waals surface area contributed by atoms with E-state index in [0.717, 1.165) is 13.0 Å². The molecule has 3 heteroatoms. The lowest BCUT2D eigenvalue weighted by Crippen LogP contribution is -2.51. The third kappa shape index (κ3) is 1.16. The van der Waals surface area contributed by atoms with E-state index in [9.17, 15) is 0 Å². The van der Waals surface area contributed by atoms with Crippen molar-refractivity contribution in [1.82, 2.24) is 9.88 Å². The van der Waals surface area contributed by atoms with Crippen molar-refractivity contribution in [1.29, 1.82) is 0 Å². The van der Waals surface area contributed by atoms with E-state index in [1.807, 2.05) is 0 Å². The summed E-state index contributed by atoms with van der Waals surface area (Å²) in [6.45, 7) is 3.33. The Morgan fingerprint density at radius 1 is 1.42 bits per heavy atom. The zero-order valence-electron chi connectivity index (χ0n) is 11.3. The number of ether oxygens (including phenoxy) is 1. The van der Waals surface area contributed by atoms with E-state index in [1.165, 1.54) is 22.0 Å². The molecule has 2 aromatic rings. The van der Waals surface area contributed by atoms with Gasteiger partial charge in [-0.2, -0.15) is 0 Å². The third-order valence-corrected chi connectivity index (χ3v) is 5.42. The van der Waals surface area contributed by atoms with Crippen LogP contribution in [0.3, 0.4) is 0 Å². The van der Waals surface area contributed by atoms with Crippen LogP contribution in [0.5, 0.6) is 0 Å². The number of benzene rings is 1. The molecule has 98 valence electrons. The van der Waals surface area contributed by atoms with Crippen LogP contribution in [0.1, 0.15) is 24.0 Å². The Morgan fingerprint density at radius 2 is 2.32 bits per heavy atom. The van der Waals surface area contributed by atoms with Crippen LogP contribution in [-0.4, -0.2) is 41.2 Å². The third-order valence-electron chi connectivity index (χ3n) is 5.42. The average Bonchev–Trinajstić information content (AvgIpc) is 2.89. The quantitative estimate of drug-likeness (QED) is 0.731. The zero-order valence-corrected chi connectivity index (χ0v) is 11.3. The molecule has 2 aliphatic heterocycles. The van der Waals surface area contributed by atoms with E-state index in [4.69, 9.17) is 4.74 Å². The standard InChI is InChI=1S/C16H18N2O/c1-16-8-18(2)12-6-9-7-17-11-5-3-4-10(13(9)11)14(12)15(16)19-16/h3-5,7,12,14-15,17H,6,8H2,1-2H3/t12-,14+,15+,16-/m1/s1. The van der Waals surface area contributed by atoms with Gasteiger partial charge >= 0.3 is 0 Å². The molecular weight excluding hydrogens is 236 g/mol. The van der Waals surface area contributed by atoms with Crippen molar-refractivity contribution >= 4 is 10.9 Å². The Morgan fingerprint density at radius 3 is 3.21 bits per heavy atom. The molecule has 5 rings (SSSR count). The predicted molar refractivity (Wildman–Crippen MR) is 74.4 cm³/mol. The number of aromatic nitrogens is 1. The molecule has 0 unspecified atom stereocenters. The maximum absolute atomic E-state index is 6.08. The largest absolute Gasteiger partial charge is 0.364 e. The summed E-state index contributed by atoms with van der Waals surface area (Å²) in [7, 11) is 2.25. The van der Waals surface area contributed by atoms with Gasteiger partial charge in [-0.3, -0.25) is 4.90 Å². The minimum Gasteiger partial charge on any atom is -0.364 e. The summed E-state index contributed by atoms with van der Waals surface area (Å²) in [6, 6.07) is 7.25. The molecular formula is C16H18N2O. The molecule has 0 bridgehead atoms. The topological polar surface area (TPSA) is 31.6 Å². The van der Waals surface area contributed by atoms with Crippen molar-refractivity contribution in [2.24, 2.45) is 0 Å². The fraction of sp³-hybridized carbons (Fsp3) is 0.500. The monoisotopic (exact) mass is 254 g/mol. The van der Waals surface area contributed by atoms with Gasteiger partial charge in [0.25, 0.3) is 0 Å². The van der Waals surface area contributed by atoms with E-state index in [-0.39, 0.29) is 5.60 Å². The molecule has 0 radical (unpaired) electrons. The molecule has 4 atom stereocenters. The lowest BCUT2D eigenvalue weighted by atomic mass is 9.73. The molecule has 3 heterocycles. The lowest BCUT2D eigenvalue weighted by molar-refractivity contribution is 0.153. The van der Waals surface area contributed by atoms with Crippen LogP contribution in [0.25, 0.3) is 10.9 Å². The van der Waals surface area contributed by atoms with Gasteiger partial charge in [0.05, 0.1) is 6.10 Å². The first-order valence-electron chi connectivity index (χ1n) is 7.14. The van der Waals surface area contributed by atoms with Crippen molar-refractivity contribution in [2.75, 3.05) is 13.6 Å². The molecule has 1 aromatic heterocycles. The number of rotatable bonds is 0. The van der Waals surface area contributed by atoms with Gasteiger partial charge in [0.2, 0.25) is 0 Å². The van der Waals surface area contributed by atoms with Gasteiger partial charge in [0.15, 0.2) is 0 Å². The summed E-state index contributed by atoms with van der Waals surface area (Å²) in [5.74, 6) is 0.538. The highest BCUT2D eigenvalue weighted by Crippen LogP contribution is 2.55. The van der Waals surface area contributed by atoms with Crippen molar-refractivity contribution in [3.05, 3.63) is 35.5 Å². The molecule has 3 nitrogen and oxygen atoms in total. The van der Waals surface area contributed by atoms with Crippen LogP contribution in [0.2, 0.25) is 0 Å². The predicted octanol–water partition coefficient (Wildman–Crippen LogP) is 2.28. The van der Waals surface area contributed by atoms with Crippen molar-refractivity contribution in [3.8, 4) is 0 Å². The summed E-state index contributed by atoms with van der Waals surface area (Å²) < 4.78 is 6.08. The normalized spacial score (nSPS) is 40.0. The van der Waals surface area contributed by atoms with Crippen LogP contribution >= 0.6 is 0 Å². The first-order valence-corrected chi connectivity index (χ1v) is 7.14. The summed E-state index contributed by atoms with van der Waals surface area (Å²) in [5, 5.41) is 1.46. The molecule has 2 fully saturated rings. The van der Waals surface area contributed by atoms with Crippen molar-refractivity contribution in [3.63, 3.8) is 0 Å². The Bertz CT molecular complexity index is 691. The molecule has 1 aliphatic carbocycles. The number of likely N-dealkylation sites (N-methyl/N-ethyl adjacent to an activating group) is 1. The minimum atomic E-state index is 0.0892. The van der Waals surface area contributed by atoms with Crippen LogP contribution in [0.4, 0.5) is 0 Å². The summed E-state index contributed by atoms with van der Waals surface area (Å²) in [4.78, 5) is 5.93. The molecule has 2 saturated heterocycles. The Labute approximate surface area is 112 Å². The first kappa shape index (κ1) is 10.5. The van der Waals surface area contributed by atoms with E-state index in [1.54, 1.807) is 0 Å². The number of piperidine rings is 1. The highest BCUT2D eigenvalue weighted by molar-refractivity contribution is 5.88. The number of H-pyrrole nitrogens is 1. The van der Waals surface area contributed by atoms with E-state index in [2.05, 4.69) is 48.3 Å². The SMILES string of the molecule is CN1C[C@@]2(C)O[C@H]2[C@H]2c3cccc4[nH]cc(c34)C[C@H]21. The summed E-state index contributed by atoms with van der Waals surface area (Å²) in [5.41, 5.74) is 4.33. The van der Waals surface area contributed by atoms with Gasteiger partial charge in [-0.25, -0.2) is 0 Å². The average molecular weight is 254 g/mol. The molecule has 3 aliphatic rings. The number of epoxide rings is 1. The minimum absolute atomic E-state index is 0.0892. The number of hydrogen-bond acceptors (Lipinski definition) is 2. The van der Waals surface area contributed by atoms with Gasteiger partial charge < -0.3 is 9.72 Å². The van der Waals surface area contributed by atoms with Crippen LogP contribution in [0, 0.1) is 0 Å². The highest BCUT2D eigenvalue weighted by atomic mass is 16.6. The number of aromatic amines is 1. The van der Waals surface area contributed by atoms with E-state index >= 15 is 0 Å². The van der Waals surface area contributed by atoms with Crippen molar-refractivity contribution in [2.45, 2.75) is 37.0 Å². The second-order valence-corrected chi connectivity index (χ2v) is 6.65. The molecule has 1 N–H and O–H groups in total. The summed E-state index contributed by atoms with van der Waals surface area (Å²) >= 11 is 0. The van der Waals surface area contributed by atoms with Gasteiger partial charge in [0, 0.05) is 35.6 Å². The number of nitrogens with zero attached hydrogens (tertiary/aromatic N) is 1. The maximum Gasteiger partial charge on any atom is 0.105 e. The maximum atomic E-state index is 6.08.